The summed E-state index contributed by atoms with van der Waals surface area (Å²) in [6, 6.07) is 52.1. The fourth-order valence-electron chi connectivity index (χ4n) is 6.44. The Bertz CT molecular complexity index is 2210. The van der Waals surface area contributed by atoms with E-state index in [-0.39, 0.29) is 5.78 Å². The summed E-state index contributed by atoms with van der Waals surface area (Å²) in [7, 11) is 0. The average Bonchev–Trinajstić information content (AvgIpc) is 3.12. The molecule has 0 saturated carbocycles. The van der Waals surface area contributed by atoms with E-state index in [1.807, 2.05) is 49.4 Å². The minimum Gasteiger partial charge on any atom is -0.288 e. The first-order valence-corrected chi connectivity index (χ1v) is 18.1. The largest absolute Gasteiger partial charge is 0.288 e. The van der Waals surface area contributed by atoms with Crippen LogP contribution in [0.5, 0.6) is 0 Å². The number of aryl methyl sites for hydroxylation is 4. The second-order valence-corrected chi connectivity index (χ2v) is 15.8. The summed E-state index contributed by atoms with van der Waals surface area (Å²) in [6.07, 6.45) is 0. The summed E-state index contributed by atoms with van der Waals surface area (Å²) in [4.78, 5) is 26.5. The molecule has 234 valence electrons. The Kier molecular flexibility index (Phi) is 8.48. The molecule has 7 rings (SSSR count). The number of Topliss-reactive ketones (excluding diaryl/α,β-unsaturated/α-hetero) is 1. The van der Waals surface area contributed by atoms with Gasteiger partial charge in [0.2, 0.25) is 0 Å². The highest BCUT2D eigenvalue weighted by Gasteiger charge is 2.37. The Labute approximate surface area is 283 Å². The fourth-order valence-corrected chi connectivity index (χ4v) is 10.9. The first-order chi connectivity index (χ1) is 23.4. The minimum atomic E-state index is -2.91. The number of fused-ring (bicyclic) bond motifs is 1. The van der Waals surface area contributed by atoms with Crippen molar-refractivity contribution in [3.63, 3.8) is 0 Å². The summed E-state index contributed by atoms with van der Waals surface area (Å²) in [5, 5.41) is 3.90. The molecule has 7 aromatic rings. The van der Waals surface area contributed by atoms with Crippen LogP contribution in [0.25, 0.3) is 22.3 Å². The highest BCUT2D eigenvalue weighted by molar-refractivity contribution is 7.97. The SMILES string of the molecule is Cc1ccc(C(=O)C(c2nc3cc(C)c(C)cc3nc2-c2ccc(C)cc2)=P(c2ccccc2)(c2ccccc2)c2ccccc2)cc1. The predicted molar refractivity (Wildman–Crippen MR) is 204 cm³/mol. The Balaban J connectivity index is 1.78. The third kappa shape index (κ3) is 5.61. The van der Waals surface area contributed by atoms with Crippen molar-refractivity contribution in [3.8, 4) is 11.3 Å². The van der Waals surface area contributed by atoms with Gasteiger partial charge in [-0.05, 0) is 73.8 Å². The number of carbonyl (C=O) groups excluding carboxylic acids is 1. The molecular weight excluding hydrogens is 603 g/mol. The van der Waals surface area contributed by atoms with Crippen LogP contribution in [-0.4, -0.2) is 21.0 Å². The average molecular weight is 641 g/mol. The molecule has 0 aliphatic heterocycles. The van der Waals surface area contributed by atoms with E-state index in [0.717, 1.165) is 54.8 Å². The number of hydrogen-bond donors (Lipinski definition) is 0. The molecule has 1 heterocycles. The van der Waals surface area contributed by atoms with Gasteiger partial charge in [-0.15, -0.1) is 0 Å². The van der Waals surface area contributed by atoms with Crippen molar-refractivity contribution in [2.24, 2.45) is 0 Å². The van der Waals surface area contributed by atoms with Crippen molar-refractivity contribution >= 4 is 44.9 Å². The Hall–Kier alpha value is -5.37. The lowest BCUT2D eigenvalue weighted by Crippen LogP contribution is -2.35. The number of nitrogens with zero attached hydrogens (tertiary/aromatic N) is 2. The maximum absolute atomic E-state index is 15.6. The smallest absolute Gasteiger partial charge is 0.196 e. The second-order valence-electron chi connectivity index (χ2n) is 12.4. The zero-order valence-corrected chi connectivity index (χ0v) is 28.6. The lowest BCUT2D eigenvalue weighted by atomic mass is 10.00. The van der Waals surface area contributed by atoms with E-state index in [0.29, 0.717) is 22.2 Å². The van der Waals surface area contributed by atoms with Crippen LogP contribution in [-0.2, 0) is 0 Å². The molecule has 0 bridgehead atoms. The zero-order chi connectivity index (χ0) is 33.3. The Morgan fingerprint density at radius 1 is 0.500 bits per heavy atom. The highest BCUT2D eigenvalue weighted by atomic mass is 31.2. The van der Waals surface area contributed by atoms with Crippen molar-refractivity contribution < 1.29 is 4.79 Å². The molecule has 4 heteroatoms. The number of carbonyl (C=O) groups is 1. The number of benzene rings is 6. The maximum Gasteiger partial charge on any atom is 0.196 e. The maximum atomic E-state index is 15.6. The second kappa shape index (κ2) is 13.0. The van der Waals surface area contributed by atoms with Gasteiger partial charge in [-0.1, -0.05) is 151 Å². The van der Waals surface area contributed by atoms with Gasteiger partial charge in [-0.25, -0.2) is 9.97 Å². The van der Waals surface area contributed by atoms with Crippen LogP contribution in [0.1, 0.15) is 38.3 Å². The minimum absolute atomic E-state index is 0.0502. The van der Waals surface area contributed by atoms with Gasteiger partial charge >= 0.3 is 0 Å². The first kappa shape index (κ1) is 31.2. The lowest BCUT2D eigenvalue weighted by molar-refractivity contribution is 0.106. The van der Waals surface area contributed by atoms with Gasteiger partial charge in [-0.2, -0.15) is 0 Å². The van der Waals surface area contributed by atoms with Crippen LogP contribution < -0.4 is 15.9 Å². The van der Waals surface area contributed by atoms with Crippen LogP contribution in [0.2, 0.25) is 0 Å². The summed E-state index contributed by atoms with van der Waals surface area (Å²) in [5.41, 5.74) is 8.97. The molecule has 48 heavy (non-hydrogen) atoms. The molecule has 0 amide bonds. The molecule has 6 aromatic carbocycles. The molecule has 0 atom stereocenters. The number of aromatic nitrogens is 2. The van der Waals surface area contributed by atoms with Crippen LogP contribution >= 0.6 is 6.89 Å². The number of ketones is 1. The summed E-state index contributed by atoms with van der Waals surface area (Å²) < 4.78 is 0. The normalized spacial score (nSPS) is 11.4. The van der Waals surface area contributed by atoms with E-state index in [9.17, 15) is 0 Å². The molecule has 0 aliphatic carbocycles. The van der Waals surface area contributed by atoms with Gasteiger partial charge in [0.1, 0.15) is 5.69 Å². The van der Waals surface area contributed by atoms with E-state index in [1.54, 1.807) is 0 Å². The van der Waals surface area contributed by atoms with Crippen LogP contribution in [0, 0.1) is 27.7 Å². The van der Waals surface area contributed by atoms with Gasteiger partial charge in [0.25, 0.3) is 0 Å². The molecule has 0 aliphatic rings. The van der Waals surface area contributed by atoms with Crippen LogP contribution in [0.4, 0.5) is 0 Å². The molecule has 0 saturated heterocycles. The standard InChI is InChI=1S/C44H37N2OP/c1-30-20-24-34(25-21-30)41-42(46-40-29-33(4)32(3)28-39(40)45-41)44(43(47)35-26-22-31(2)23-27-35)48(36-14-8-5-9-15-36,37-16-10-6-11-17-37)38-18-12-7-13-19-38/h5-29H,1-4H3. The van der Waals surface area contributed by atoms with Crippen molar-refractivity contribution in [1.82, 2.24) is 9.97 Å². The van der Waals surface area contributed by atoms with Gasteiger partial charge in [0.15, 0.2) is 5.78 Å². The quantitative estimate of drug-likeness (QED) is 0.129. The monoisotopic (exact) mass is 640 g/mol. The molecular formula is C44H37N2OP. The van der Waals surface area contributed by atoms with Crippen molar-refractivity contribution in [3.05, 3.63) is 185 Å². The van der Waals surface area contributed by atoms with Crippen molar-refractivity contribution in [2.75, 3.05) is 0 Å². The van der Waals surface area contributed by atoms with E-state index in [2.05, 4.69) is 130 Å². The summed E-state index contributed by atoms with van der Waals surface area (Å²) in [5.74, 6) is -0.0502. The van der Waals surface area contributed by atoms with Crippen LogP contribution in [0.3, 0.4) is 0 Å². The van der Waals surface area contributed by atoms with Gasteiger partial charge < -0.3 is 0 Å². The molecule has 0 fully saturated rings. The van der Waals surface area contributed by atoms with E-state index >= 15 is 4.79 Å². The summed E-state index contributed by atoms with van der Waals surface area (Å²) in [6.45, 7) is 5.42. The molecule has 3 nitrogen and oxygen atoms in total. The van der Waals surface area contributed by atoms with Gasteiger partial charge in [0.05, 0.1) is 22.0 Å². The molecule has 0 N–H and O–H groups in total. The Morgan fingerprint density at radius 3 is 1.38 bits per heavy atom. The first-order valence-electron chi connectivity index (χ1n) is 16.3. The Morgan fingerprint density at radius 2 is 0.917 bits per heavy atom. The van der Waals surface area contributed by atoms with Gasteiger partial charge in [-0.3, -0.25) is 4.79 Å². The zero-order valence-electron chi connectivity index (χ0n) is 27.7. The topological polar surface area (TPSA) is 42.9 Å². The lowest BCUT2D eigenvalue weighted by Gasteiger charge is -2.33. The van der Waals surface area contributed by atoms with Crippen LogP contribution in [0.15, 0.2) is 152 Å². The summed E-state index contributed by atoms with van der Waals surface area (Å²) >= 11 is 0. The fraction of sp³-hybridized carbons (Fsp3) is 0.0909. The third-order valence-corrected chi connectivity index (χ3v) is 13.4. The molecule has 0 spiro atoms. The number of rotatable bonds is 7. The van der Waals surface area contributed by atoms with Crippen molar-refractivity contribution in [1.29, 1.82) is 0 Å². The van der Waals surface area contributed by atoms with E-state index in [1.165, 1.54) is 0 Å². The molecule has 0 radical (unpaired) electrons. The highest BCUT2D eigenvalue weighted by Crippen LogP contribution is 2.49. The predicted octanol–water partition coefficient (Wildman–Crippen LogP) is 8.93. The van der Waals surface area contributed by atoms with Crippen molar-refractivity contribution in [2.45, 2.75) is 27.7 Å². The van der Waals surface area contributed by atoms with E-state index < -0.39 is 6.89 Å². The molecule has 0 unspecified atom stereocenters. The number of hydrogen-bond acceptors (Lipinski definition) is 3. The van der Waals surface area contributed by atoms with Gasteiger partial charge in [0, 0.05) is 11.1 Å². The third-order valence-electron chi connectivity index (χ3n) is 9.12. The van der Waals surface area contributed by atoms with E-state index in [4.69, 9.17) is 9.97 Å². The molecule has 1 aromatic heterocycles.